The molecule has 1 aromatic heterocycles. The highest BCUT2D eigenvalue weighted by molar-refractivity contribution is 5.43. The molecule has 0 unspecified atom stereocenters. The smallest absolute Gasteiger partial charge is 0.226 e. The summed E-state index contributed by atoms with van der Waals surface area (Å²) in [4.78, 5) is 11.9. The molecule has 0 fully saturated rings. The van der Waals surface area contributed by atoms with E-state index in [1.165, 1.54) is 34.5 Å². The van der Waals surface area contributed by atoms with Crippen molar-refractivity contribution >= 4 is 5.95 Å². The zero-order chi connectivity index (χ0) is 13.5. The molecule has 0 atom stereocenters. The molecule has 1 aliphatic carbocycles. The number of anilines is 1. The van der Waals surface area contributed by atoms with Crippen LogP contribution in [0.4, 0.5) is 5.95 Å². The monoisotopic (exact) mass is 265 g/mol. The lowest BCUT2D eigenvalue weighted by molar-refractivity contribution is 0.702. The number of aryl methyl sites for hydroxylation is 2. The van der Waals surface area contributed by atoms with Gasteiger partial charge in [-0.1, -0.05) is 24.3 Å². The maximum absolute atomic E-state index is 4.83. The van der Waals surface area contributed by atoms with Gasteiger partial charge in [-0.2, -0.15) is 0 Å². The third kappa shape index (κ3) is 1.89. The zero-order valence-corrected chi connectivity index (χ0v) is 11.9. The van der Waals surface area contributed by atoms with Crippen molar-refractivity contribution in [2.24, 2.45) is 0 Å². The lowest BCUT2D eigenvalue weighted by atomic mass is 10.0. The van der Waals surface area contributed by atoms with Gasteiger partial charge in [-0.25, -0.2) is 9.97 Å². The van der Waals surface area contributed by atoms with E-state index in [4.69, 9.17) is 9.97 Å². The van der Waals surface area contributed by atoms with Crippen molar-refractivity contribution in [3.8, 4) is 0 Å². The quantitative estimate of drug-likeness (QED) is 0.794. The van der Waals surface area contributed by atoms with E-state index in [2.05, 4.69) is 36.1 Å². The van der Waals surface area contributed by atoms with Crippen molar-refractivity contribution in [3.63, 3.8) is 0 Å². The molecule has 0 amide bonds. The fourth-order valence-electron chi connectivity index (χ4n) is 3.41. The van der Waals surface area contributed by atoms with Crippen molar-refractivity contribution in [2.45, 2.75) is 39.2 Å². The van der Waals surface area contributed by atoms with E-state index in [9.17, 15) is 0 Å². The SMILES string of the molecule is Cc1nc(N2CCc3ccccc3C2)nc2c1CCC2. The summed E-state index contributed by atoms with van der Waals surface area (Å²) in [7, 11) is 0. The van der Waals surface area contributed by atoms with E-state index >= 15 is 0 Å². The Balaban J connectivity index is 1.68. The number of rotatable bonds is 1. The Kier molecular flexibility index (Phi) is 2.72. The fraction of sp³-hybridized carbons (Fsp3) is 0.412. The summed E-state index contributed by atoms with van der Waals surface area (Å²) in [5.74, 6) is 0.928. The average Bonchev–Trinajstić information content (AvgIpc) is 2.96. The van der Waals surface area contributed by atoms with Gasteiger partial charge in [0.25, 0.3) is 0 Å². The Hall–Kier alpha value is -1.90. The fourth-order valence-corrected chi connectivity index (χ4v) is 3.41. The second-order valence-electron chi connectivity index (χ2n) is 5.83. The molecular formula is C17H19N3. The summed E-state index contributed by atoms with van der Waals surface area (Å²) < 4.78 is 0. The Morgan fingerprint density at radius 1 is 1.00 bits per heavy atom. The molecular weight excluding hydrogens is 246 g/mol. The predicted octanol–water partition coefficient (Wildman–Crippen LogP) is 2.84. The maximum atomic E-state index is 4.83. The van der Waals surface area contributed by atoms with Gasteiger partial charge in [0.05, 0.1) is 0 Å². The summed E-state index contributed by atoms with van der Waals surface area (Å²) in [5, 5.41) is 0. The van der Waals surface area contributed by atoms with E-state index in [1.54, 1.807) is 0 Å². The van der Waals surface area contributed by atoms with Gasteiger partial charge in [0.1, 0.15) is 0 Å². The van der Waals surface area contributed by atoms with Gasteiger partial charge in [-0.3, -0.25) is 0 Å². The van der Waals surface area contributed by atoms with Crippen LogP contribution in [0.5, 0.6) is 0 Å². The van der Waals surface area contributed by atoms with Crippen LogP contribution in [0.15, 0.2) is 24.3 Å². The maximum Gasteiger partial charge on any atom is 0.226 e. The van der Waals surface area contributed by atoms with E-state index in [0.29, 0.717) is 0 Å². The largest absolute Gasteiger partial charge is 0.336 e. The van der Waals surface area contributed by atoms with Crippen molar-refractivity contribution in [3.05, 3.63) is 52.3 Å². The number of benzene rings is 1. The van der Waals surface area contributed by atoms with Crippen LogP contribution >= 0.6 is 0 Å². The second kappa shape index (κ2) is 4.58. The summed E-state index contributed by atoms with van der Waals surface area (Å²) in [6.45, 7) is 4.09. The topological polar surface area (TPSA) is 29.0 Å². The van der Waals surface area contributed by atoms with Crippen LogP contribution in [0.2, 0.25) is 0 Å². The Morgan fingerprint density at radius 2 is 1.85 bits per heavy atom. The number of fused-ring (bicyclic) bond motifs is 2. The molecule has 2 heterocycles. The Bertz CT molecular complexity index is 663. The minimum Gasteiger partial charge on any atom is -0.336 e. The third-order valence-corrected chi connectivity index (χ3v) is 4.54. The molecule has 4 rings (SSSR count). The molecule has 3 heteroatoms. The number of hydrogen-bond donors (Lipinski definition) is 0. The van der Waals surface area contributed by atoms with Crippen LogP contribution in [0.25, 0.3) is 0 Å². The van der Waals surface area contributed by atoms with Crippen LogP contribution in [0.3, 0.4) is 0 Å². The van der Waals surface area contributed by atoms with Crippen molar-refractivity contribution < 1.29 is 0 Å². The summed E-state index contributed by atoms with van der Waals surface area (Å²) >= 11 is 0. The molecule has 2 aromatic rings. The van der Waals surface area contributed by atoms with Crippen LogP contribution in [-0.4, -0.2) is 16.5 Å². The van der Waals surface area contributed by atoms with Crippen LogP contribution in [0, 0.1) is 6.92 Å². The molecule has 20 heavy (non-hydrogen) atoms. The van der Waals surface area contributed by atoms with Gasteiger partial charge >= 0.3 is 0 Å². The van der Waals surface area contributed by atoms with Gasteiger partial charge in [0, 0.05) is 24.5 Å². The molecule has 1 aromatic carbocycles. The van der Waals surface area contributed by atoms with Crippen LogP contribution in [-0.2, 0) is 25.8 Å². The molecule has 2 aliphatic rings. The third-order valence-electron chi connectivity index (χ3n) is 4.54. The average molecular weight is 265 g/mol. The van der Waals surface area contributed by atoms with E-state index in [-0.39, 0.29) is 0 Å². The lowest BCUT2D eigenvalue weighted by Crippen LogP contribution is -2.32. The highest BCUT2D eigenvalue weighted by atomic mass is 15.3. The first-order valence-corrected chi connectivity index (χ1v) is 7.49. The molecule has 0 bridgehead atoms. The van der Waals surface area contributed by atoms with E-state index in [1.807, 2.05) is 0 Å². The second-order valence-corrected chi connectivity index (χ2v) is 5.83. The molecule has 102 valence electrons. The first-order chi connectivity index (χ1) is 9.81. The van der Waals surface area contributed by atoms with E-state index in [0.717, 1.165) is 38.3 Å². The first kappa shape index (κ1) is 11.9. The standard InChI is InChI=1S/C17H19N3/c1-12-15-7-4-8-16(15)19-17(18-12)20-10-9-13-5-2-3-6-14(13)11-20/h2-3,5-6H,4,7-11H2,1H3. The van der Waals surface area contributed by atoms with Crippen molar-refractivity contribution in [1.82, 2.24) is 9.97 Å². The molecule has 0 radical (unpaired) electrons. The predicted molar refractivity (Wildman–Crippen MR) is 80.0 cm³/mol. The molecule has 0 spiro atoms. The molecule has 0 saturated heterocycles. The summed E-state index contributed by atoms with van der Waals surface area (Å²) in [5.41, 5.74) is 6.75. The normalized spacial score (nSPS) is 16.9. The van der Waals surface area contributed by atoms with Gasteiger partial charge in [-0.15, -0.1) is 0 Å². The Morgan fingerprint density at radius 3 is 2.75 bits per heavy atom. The Labute approximate surface area is 119 Å². The highest BCUT2D eigenvalue weighted by Crippen LogP contribution is 2.27. The van der Waals surface area contributed by atoms with Crippen LogP contribution in [0.1, 0.15) is 34.5 Å². The van der Waals surface area contributed by atoms with Crippen molar-refractivity contribution in [1.29, 1.82) is 0 Å². The summed E-state index contributed by atoms with van der Waals surface area (Å²) in [6.07, 6.45) is 4.60. The molecule has 1 aliphatic heterocycles. The highest BCUT2D eigenvalue weighted by Gasteiger charge is 2.22. The minimum absolute atomic E-state index is 0.928. The summed E-state index contributed by atoms with van der Waals surface area (Å²) in [6, 6.07) is 8.71. The minimum atomic E-state index is 0.928. The number of aromatic nitrogens is 2. The van der Waals surface area contributed by atoms with E-state index < -0.39 is 0 Å². The number of nitrogens with zero attached hydrogens (tertiary/aromatic N) is 3. The first-order valence-electron chi connectivity index (χ1n) is 7.49. The number of hydrogen-bond acceptors (Lipinski definition) is 3. The lowest BCUT2D eigenvalue weighted by Gasteiger charge is -2.29. The molecule has 3 nitrogen and oxygen atoms in total. The van der Waals surface area contributed by atoms with Gasteiger partial charge in [-0.05, 0) is 49.3 Å². The van der Waals surface area contributed by atoms with Crippen LogP contribution < -0.4 is 4.90 Å². The van der Waals surface area contributed by atoms with Gasteiger partial charge < -0.3 is 4.90 Å². The van der Waals surface area contributed by atoms with Gasteiger partial charge in [0.15, 0.2) is 0 Å². The van der Waals surface area contributed by atoms with Gasteiger partial charge in [0.2, 0.25) is 5.95 Å². The zero-order valence-electron chi connectivity index (χ0n) is 11.9. The van der Waals surface area contributed by atoms with Crippen molar-refractivity contribution in [2.75, 3.05) is 11.4 Å². The molecule has 0 N–H and O–H groups in total. The molecule has 0 saturated carbocycles.